The molecule has 0 spiro atoms. The van der Waals surface area contributed by atoms with Gasteiger partial charge in [-0.25, -0.2) is 4.98 Å². The lowest BCUT2D eigenvalue weighted by molar-refractivity contribution is -0.137. The zero-order valence-corrected chi connectivity index (χ0v) is 15.3. The summed E-state index contributed by atoms with van der Waals surface area (Å²) in [5.41, 5.74) is 1.03. The molecule has 0 aliphatic carbocycles. The number of rotatable bonds is 4. The summed E-state index contributed by atoms with van der Waals surface area (Å²) in [7, 11) is 0. The predicted octanol–water partition coefficient (Wildman–Crippen LogP) is 5.07. The molecule has 30 heavy (non-hydrogen) atoms. The van der Waals surface area contributed by atoms with Crippen LogP contribution >= 0.6 is 0 Å². The standard InChI is InChI=1S/C22H14F3N3O2/c23-22(24,25)14-4-3-5-15(11-14)28-21(30)17-7-2-1-6-16(17)20(29)13-8-9-18-19(10-13)27-12-26-18/h1-12H,(H,26,27)(H,28,30). The number of benzene rings is 3. The third-order valence-corrected chi connectivity index (χ3v) is 4.55. The van der Waals surface area contributed by atoms with Crippen LogP contribution in [0.15, 0.2) is 73.1 Å². The first-order valence-corrected chi connectivity index (χ1v) is 8.88. The van der Waals surface area contributed by atoms with Gasteiger partial charge in [0.1, 0.15) is 0 Å². The zero-order valence-electron chi connectivity index (χ0n) is 15.3. The molecule has 0 radical (unpaired) electrons. The lowest BCUT2D eigenvalue weighted by Gasteiger charge is -2.12. The molecule has 150 valence electrons. The molecule has 2 N–H and O–H groups in total. The Hall–Kier alpha value is -3.94. The average Bonchev–Trinajstić information content (AvgIpc) is 3.20. The molecular formula is C22H14F3N3O2. The first kappa shape index (κ1) is 19.4. The highest BCUT2D eigenvalue weighted by atomic mass is 19.4. The van der Waals surface area contributed by atoms with E-state index in [0.717, 1.165) is 12.1 Å². The van der Waals surface area contributed by atoms with E-state index in [1.54, 1.807) is 30.3 Å². The van der Waals surface area contributed by atoms with Gasteiger partial charge >= 0.3 is 6.18 Å². The van der Waals surface area contributed by atoms with E-state index in [9.17, 15) is 22.8 Å². The maximum atomic E-state index is 13.0. The summed E-state index contributed by atoms with van der Waals surface area (Å²) in [4.78, 5) is 32.8. The highest BCUT2D eigenvalue weighted by molar-refractivity contribution is 6.18. The van der Waals surface area contributed by atoms with E-state index >= 15 is 0 Å². The largest absolute Gasteiger partial charge is 0.416 e. The van der Waals surface area contributed by atoms with Gasteiger partial charge in [0.05, 0.1) is 28.5 Å². The highest BCUT2D eigenvalue weighted by Gasteiger charge is 2.30. The number of aromatic nitrogens is 2. The SMILES string of the molecule is O=C(Nc1cccc(C(F)(F)F)c1)c1ccccc1C(=O)c1ccc2nc[nH]c2c1. The number of aromatic amines is 1. The van der Waals surface area contributed by atoms with Crippen LogP contribution in [0.25, 0.3) is 11.0 Å². The van der Waals surface area contributed by atoms with E-state index in [4.69, 9.17) is 0 Å². The quantitative estimate of drug-likeness (QED) is 0.463. The number of nitrogens with zero attached hydrogens (tertiary/aromatic N) is 1. The molecule has 0 saturated carbocycles. The minimum absolute atomic E-state index is 0.0176. The van der Waals surface area contributed by atoms with Crippen LogP contribution < -0.4 is 5.32 Å². The minimum Gasteiger partial charge on any atom is -0.345 e. The Morgan fingerprint density at radius 1 is 0.900 bits per heavy atom. The molecule has 0 fully saturated rings. The Morgan fingerprint density at radius 3 is 2.43 bits per heavy atom. The summed E-state index contributed by atoms with van der Waals surface area (Å²) in [6, 6.07) is 15.4. The van der Waals surface area contributed by atoms with Crippen LogP contribution in [0.4, 0.5) is 18.9 Å². The molecule has 0 aliphatic rings. The lowest BCUT2D eigenvalue weighted by Crippen LogP contribution is -2.17. The number of hydrogen-bond donors (Lipinski definition) is 2. The number of halogens is 3. The maximum absolute atomic E-state index is 13.0. The first-order valence-electron chi connectivity index (χ1n) is 8.88. The Labute approximate surface area is 168 Å². The van der Waals surface area contributed by atoms with Crippen molar-refractivity contribution in [3.8, 4) is 0 Å². The molecule has 0 bridgehead atoms. The number of carbonyl (C=O) groups excluding carboxylic acids is 2. The van der Waals surface area contributed by atoms with E-state index in [1.165, 1.54) is 30.6 Å². The van der Waals surface area contributed by atoms with Crippen LogP contribution in [0.3, 0.4) is 0 Å². The predicted molar refractivity (Wildman–Crippen MR) is 105 cm³/mol. The number of amides is 1. The number of alkyl halides is 3. The van der Waals surface area contributed by atoms with E-state index in [2.05, 4.69) is 15.3 Å². The molecule has 4 aromatic rings. The first-order chi connectivity index (χ1) is 14.3. The third-order valence-electron chi connectivity index (χ3n) is 4.55. The van der Waals surface area contributed by atoms with Crippen molar-refractivity contribution < 1.29 is 22.8 Å². The average molecular weight is 409 g/mol. The third kappa shape index (κ3) is 3.80. The fraction of sp³-hybridized carbons (Fsp3) is 0.0455. The second-order valence-corrected chi connectivity index (χ2v) is 6.54. The molecule has 0 saturated heterocycles. The van der Waals surface area contributed by atoms with Gasteiger partial charge in [0, 0.05) is 16.8 Å². The molecule has 4 rings (SSSR count). The summed E-state index contributed by atoms with van der Waals surface area (Å²) < 4.78 is 38.7. The van der Waals surface area contributed by atoms with Crippen molar-refractivity contribution in [3.05, 3.63) is 95.3 Å². The van der Waals surface area contributed by atoms with Crippen LogP contribution in [-0.2, 0) is 6.18 Å². The van der Waals surface area contributed by atoms with Crippen LogP contribution in [0.2, 0.25) is 0 Å². The molecule has 5 nitrogen and oxygen atoms in total. The summed E-state index contributed by atoms with van der Waals surface area (Å²) in [6.45, 7) is 0. The van der Waals surface area contributed by atoms with Crippen molar-refractivity contribution in [1.29, 1.82) is 0 Å². The van der Waals surface area contributed by atoms with Crippen LogP contribution in [0.5, 0.6) is 0 Å². The van der Waals surface area contributed by atoms with Crippen LogP contribution in [-0.4, -0.2) is 21.7 Å². The Kier molecular flexibility index (Phi) is 4.83. The number of anilines is 1. The zero-order chi connectivity index (χ0) is 21.3. The summed E-state index contributed by atoms with van der Waals surface area (Å²) in [5.74, 6) is -1.07. The van der Waals surface area contributed by atoms with Gasteiger partial charge in [-0.1, -0.05) is 24.3 Å². The molecule has 3 aromatic carbocycles. The number of ketones is 1. The second-order valence-electron chi connectivity index (χ2n) is 6.54. The van der Waals surface area contributed by atoms with Gasteiger partial charge in [0.2, 0.25) is 0 Å². The van der Waals surface area contributed by atoms with Crippen LogP contribution in [0, 0.1) is 0 Å². The van der Waals surface area contributed by atoms with E-state index in [-0.39, 0.29) is 22.6 Å². The fourth-order valence-corrected chi connectivity index (χ4v) is 3.08. The highest BCUT2D eigenvalue weighted by Crippen LogP contribution is 2.31. The normalized spacial score (nSPS) is 11.4. The van der Waals surface area contributed by atoms with Gasteiger partial charge in [-0.2, -0.15) is 13.2 Å². The van der Waals surface area contributed by atoms with E-state index < -0.39 is 17.6 Å². The van der Waals surface area contributed by atoms with Gasteiger partial charge in [-0.3, -0.25) is 9.59 Å². The van der Waals surface area contributed by atoms with Gasteiger partial charge in [0.25, 0.3) is 5.91 Å². The molecule has 0 atom stereocenters. The van der Waals surface area contributed by atoms with Crippen molar-refractivity contribution in [2.45, 2.75) is 6.18 Å². The molecule has 0 aliphatic heterocycles. The minimum atomic E-state index is -4.53. The van der Waals surface area contributed by atoms with E-state index in [0.29, 0.717) is 16.6 Å². The van der Waals surface area contributed by atoms with Crippen LogP contribution in [0.1, 0.15) is 31.8 Å². The van der Waals surface area contributed by atoms with E-state index in [1.807, 2.05) is 0 Å². The number of nitrogens with one attached hydrogen (secondary N) is 2. The van der Waals surface area contributed by atoms with Gasteiger partial charge in [-0.05, 0) is 42.5 Å². The van der Waals surface area contributed by atoms with Crippen molar-refractivity contribution in [3.63, 3.8) is 0 Å². The van der Waals surface area contributed by atoms with Gasteiger partial charge in [0.15, 0.2) is 5.78 Å². The Bertz CT molecular complexity index is 1260. The fourth-order valence-electron chi connectivity index (χ4n) is 3.08. The second kappa shape index (κ2) is 7.47. The summed E-state index contributed by atoms with van der Waals surface area (Å²) >= 11 is 0. The monoisotopic (exact) mass is 409 g/mol. The molecule has 1 amide bonds. The number of imidazole rings is 1. The smallest absolute Gasteiger partial charge is 0.345 e. The molecule has 8 heteroatoms. The molecule has 1 heterocycles. The number of hydrogen-bond acceptors (Lipinski definition) is 3. The Balaban J connectivity index is 1.64. The molecular weight excluding hydrogens is 395 g/mol. The lowest BCUT2D eigenvalue weighted by atomic mass is 9.97. The van der Waals surface area contributed by atoms with Gasteiger partial charge < -0.3 is 10.3 Å². The summed E-state index contributed by atoms with van der Waals surface area (Å²) in [5, 5.41) is 2.44. The molecule has 1 aromatic heterocycles. The molecule has 0 unspecified atom stereocenters. The van der Waals surface area contributed by atoms with Crippen molar-refractivity contribution >= 4 is 28.4 Å². The summed E-state index contributed by atoms with van der Waals surface area (Å²) in [6.07, 6.45) is -3.02. The Morgan fingerprint density at radius 2 is 1.67 bits per heavy atom. The number of H-pyrrole nitrogens is 1. The number of fused-ring (bicyclic) bond motifs is 1. The number of carbonyl (C=O) groups is 2. The van der Waals surface area contributed by atoms with Crippen molar-refractivity contribution in [2.24, 2.45) is 0 Å². The van der Waals surface area contributed by atoms with Crippen molar-refractivity contribution in [2.75, 3.05) is 5.32 Å². The van der Waals surface area contributed by atoms with Crippen molar-refractivity contribution in [1.82, 2.24) is 9.97 Å². The topological polar surface area (TPSA) is 74.8 Å². The van der Waals surface area contributed by atoms with Gasteiger partial charge in [-0.15, -0.1) is 0 Å². The maximum Gasteiger partial charge on any atom is 0.416 e.